The van der Waals surface area contributed by atoms with Crippen molar-refractivity contribution in [1.29, 1.82) is 0 Å². The fourth-order valence-corrected chi connectivity index (χ4v) is 7.80. The summed E-state index contributed by atoms with van der Waals surface area (Å²) >= 11 is 0. The van der Waals surface area contributed by atoms with Crippen LogP contribution in [0.2, 0.25) is 0 Å². The fourth-order valence-electron chi connectivity index (χ4n) is 7.80. The number of pyridine rings is 2. The maximum Gasteiger partial charge on any atom is 0.145 e. The number of aromatic hydroxyl groups is 1. The second-order valence-electron chi connectivity index (χ2n) is 16.8. The Hall–Kier alpha value is -6.59. The van der Waals surface area contributed by atoms with Crippen molar-refractivity contribution in [3.05, 3.63) is 163 Å². The molecule has 0 saturated carbocycles. The van der Waals surface area contributed by atoms with Crippen LogP contribution in [0.1, 0.15) is 52.7 Å². The van der Waals surface area contributed by atoms with Crippen LogP contribution in [0, 0.1) is 0 Å². The minimum absolute atomic E-state index is 0.0440. The Morgan fingerprint density at radius 3 is 1.96 bits per heavy atom. The first kappa shape index (κ1) is 35.1. The zero-order valence-electron chi connectivity index (χ0n) is 32.7. The van der Waals surface area contributed by atoms with Gasteiger partial charge in [0.05, 0.1) is 27.8 Å². The number of rotatable bonds is 5. The maximum absolute atomic E-state index is 11.5. The number of phenols is 1. The summed E-state index contributed by atoms with van der Waals surface area (Å²) in [5.74, 6) is 0.992. The number of phenolic OH excluding ortho intramolecular Hbond substituents is 1. The molecule has 0 aliphatic rings. The van der Waals surface area contributed by atoms with Crippen LogP contribution in [0.4, 0.5) is 0 Å². The monoisotopic (exact) mass is 728 g/mol. The number of imidazole rings is 1. The average molecular weight is 729 g/mol. The van der Waals surface area contributed by atoms with Gasteiger partial charge in [-0.25, -0.2) is 4.98 Å². The van der Waals surface area contributed by atoms with E-state index in [-0.39, 0.29) is 16.6 Å². The van der Waals surface area contributed by atoms with Crippen molar-refractivity contribution in [3.63, 3.8) is 0 Å². The van der Waals surface area contributed by atoms with Gasteiger partial charge in [-0.3, -0.25) is 14.5 Å². The molecule has 0 aliphatic heterocycles. The lowest BCUT2D eigenvalue weighted by atomic mass is 9.84. The highest BCUT2D eigenvalue weighted by molar-refractivity contribution is 6.01. The fraction of sp³-hybridized carbons (Fsp3) is 0.157. The SMILES string of the molecule is CC(C)(C)c1ccc(-n2c(-c3cccc(-c4cc(C(C)(C)C)cc5cccnc45)c3)nc3c(-c4cc5ncccc5cc4O)cccc32)c(-c2ccccc2)c1. The van der Waals surface area contributed by atoms with Crippen molar-refractivity contribution in [2.45, 2.75) is 52.4 Å². The summed E-state index contributed by atoms with van der Waals surface area (Å²) < 4.78 is 2.30. The minimum Gasteiger partial charge on any atom is -0.507 e. The molecule has 0 bridgehead atoms. The number of benzene rings is 6. The molecule has 3 aromatic heterocycles. The van der Waals surface area contributed by atoms with Crippen LogP contribution in [-0.4, -0.2) is 24.6 Å². The molecule has 0 spiro atoms. The average Bonchev–Trinajstić information content (AvgIpc) is 3.59. The number of para-hydroxylation sites is 1. The maximum atomic E-state index is 11.5. The quantitative estimate of drug-likeness (QED) is 0.192. The van der Waals surface area contributed by atoms with Crippen molar-refractivity contribution >= 4 is 32.8 Å². The molecule has 0 unspecified atom stereocenters. The van der Waals surface area contributed by atoms with Crippen molar-refractivity contribution in [1.82, 2.24) is 19.5 Å². The van der Waals surface area contributed by atoms with E-state index in [0.29, 0.717) is 5.56 Å². The van der Waals surface area contributed by atoms with Crippen LogP contribution in [0.3, 0.4) is 0 Å². The van der Waals surface area contributed by atoms with Gasteiger partial charge in [0, 0.05) is 51.0 Å². The van der Waals surface area contributed by atoms with Crippen LogP contribution in [0.5, 0.6) is 5.75 Å². The van der Waals surface area contributed by atoms with Crippen molar-refractivity contribution in [2.75, 3.05) is 0 Å². The molecule has 3 heterocycles. The van der Waals surface area contributed by atoms with E-state index in [2.05, 4.69) is 154 Å². The molecule has 9 rings (SSSR count). The smallest absolute Gasteiger partial charge is 0.145 e. The van der Waals surface area contributed by atoms with E-state index < -0.39 is 0 Å². The lowest BCUT2D eigenvalue weighted by Crippen LogP contribution is -2.12. The molecule has 0 atom stereocenters. The third kappa shape index (κ3) is 6.19. The molecule has 1 N–H and O–H groups in total. The van der Waals surface area contributed by atoms with Gasteiger partial charge in [-0.2, -0.15) is 0 Å². The van der Waals surface area contributed by atoms with Crippen LogP contribution < -0.4 is 0 Å². The summed E-state index contributed by atoms with van der Waals surface area (Å²) in [6, 6.07) is 48.7. The van der Waals surface area contributed by atoms with E-state index in [4.69, 9.17) is 9.97 Å². The number of aromatic nitrogens is 4. The molecular formula is C51H44N4O. The molecule has 6 aromatic carbocycles. The molecule has 0 saturated heterocycles. The molecule has 0 aliphatic carbocycles. The van der Waals surface area contributed by atoms with E-state index >= 15 is 0 Å². The third-order valence-corrected chi connectivity index (χ3v) is 10.9. The number of hydrogen-bond donors (Lipinski definition) is 1. The summed E-state index contributed by atoms with van der Waals surface area (Å²) in [4.78, 5) is 15.0. The molecule has 56 heavy (non-hydrogen) atoms. The van der Waals surface area contributed by atoms with Gasteiger partial charge in [-0.05, 0) is 93.7 Å². The van der Waals surface area contributed by atoms with Gasteiger partial charge < -0.3 is 5.11 Å². The second kappa shape index (κ2) is 13.3. The third-order valence-electron chi connectivity index (χ3n) is 10.9. The Morgan fingerprint density at radius 1 is 0.482 bits per heavy atom. The van der Waals surface area contributed by atoms with Gasteiger partial charge in [0.25, 0.3) is 0 Å². The summed E-state index contributed by atoms with van der Waals surface area (Å²) in [7, 11) is 0. The topological polar surface area (TPSA) is 63.8 Å². The Morgan fingerprint density at radius 2 is 1.18 bits per heavy atom. The van der Waals surface area contributed by atoms with Crippen molar-refractivity contribution in [3.8, 4) is 56.2 Å². The molecule has 0 fully saturated rings. The summed E-state index contributed by atoms with van der Waals surface area (Å²) in [5.41, 5.74) is 13.8. The van der Waals surface area contributed by atoms with E-state index in [1.54, 1.807) is 12.3 Å². The Bertz CT molecular complexity index is 2950. The molecule has 5 heteroatoms. The lowest BCUT2D eigenvalue weighted by molar-refractivity contribution is 0.478. The van der Waals surface area contributed by atoms with Crippen molar-refractivity contribution in [2.24, 2.45) is 0 Å². The Balaban J connectivity index is 1.35. The van der Waals surface area contributed by atoms with Gasteiger partial charge in [0.2, 0.25) is 0 Å². The second-order valence-corrected chi connectivity index (χ2v) is 16.8. The Kier molecular flexibility index (Phi) is 8.35. The highest BCUT2D eigenvalue weighted by atomic mass is 16.3. The molecule has 274 valence electrons. The van der Waals surface area contributed by atoms with Gasteiger partial charge in [-0.1, -0.05) is 120 Å². The van der Waals surface area contributed by atoms with Gasteiger partial charge in [-0.15, -0.1) is 0 Å². The standard InChI is InChI=1S/C51H44N4O/c1-50(2,3)37-22-23-44(40(29-37)32-14-8-7-9-15-32)55-45-21-11-20-39(42-31-43-34(28-46(42)56)18-12-24-52-43)48(45)54-49(55)36-17-10-16-33(26-36)41-30-38(51(4,5)6)27-35-19-13-25-53-47(35)41/h7-31,56H,1-6H3. The van der Waals surface area contributed by atoms with E-state index in [0.717, 1.165) is 77.7 Å². The predicted octanol–water partition coefficient (Wildman–Crippen LogP) is 13.1. The normalized spacial score (nSPS) is 12.2. The number of fused-ring (bicyclic) bond motifs is 3. The highest BCUT2D eigenvalue weighted by Crippen LogP contribution is 2.43. The molecule has 9 aromatic rings. The zero-order chi connectivity index (χ0) is 38.8. The summed E-state index contributed by atoms with van der Waals surface area (Å²) in [6.45, 7) is 13.5. The van der Waals surface area contributed by atoms with Crippen LogP contribution in [0.25, 0.3) is 83.3 Å². The summed E-state index contributed by atoms with van der Waals surface area (Å²) in [5, 5.41) is 13.5. The van der Waals surface area contributed by atoms with Crippen LogP contribution in [0.15, 0.2) is 152 Å². The van der Waals surface area contributed by atoms with E-state index in [9.17, 15) is 5.11 Å². The molecule has 5 nitrogen and oxygen atoms in total. The predicted molar refractivity (Wildman–Crippen MR) is 232 cm³/mol. The first-order chi connectivity index (χ1) is 26.9. The van der Waals surface area contributed by atoms with Crippen LogP contribution in [-0.2, 0) is 10.8 Å². The molecular weight excluding hydrogens is 685 g/mol. The minimum atomic E-state index is -0.0521. The molecule has 0 amide bonds. The van der Waals surface area contributed by atoms with E-state index in [1.807, 2.05) is 36.5 Å². The highest BCUT2D eigenvalue weighted by Gasteiger charge is 2.24. The first-order valence-electron chi connectivity index (χ1n) is 19.2. The largest absolute Gasteiger partial charge is 0.507 e. The van der Waals surface area contributed by atoms with Crippen molar-refractivity contribution < 1.29 is 5.11 Å². The van der Waals surface area contributed by atoms with E-state index in [1.165, 1.54) is 11.1 Å². The van der Waals surface area contributed by atoms with Crippen LogP contribution >= 0.6 is 0 Å². The van der Waals surface area contributed by atoms with Gasteiger partial charge in [0.1, 0.15) is 11.6 Å². The zero-order valence-corrected chi connectivity index (χ0v) is 32.7. The van der Waals surface area contributed by atoms with Gasteiger partial charge in [0.15, 0.2) is 0 Å². The Labute approximate surface area is 328 Å². The number of hydrogen-bond acceptors (Lipinski definition) is 4. The summed E-state index contributed by atoms with van der Waals surface area (Å²) in [6.07, 6.45) is 3.66. The first-order valence-corrected chi connectivity index (χ1v) is 19.2. The lowest BCUT2D eigenvalue weighted by Gasteiger charge is -2.23. The van der Waals surface area contributed by atoms with Gasteiger partial charge >= 0.3 is 0 Å². The molecule has 0 radical (unpaired) electrons. The number of nitrogens with zero attached hydrogens (tertiary/aromatic N) is 4.